The van der Waals surface area contributed by atoms with Crippen LogP contribution in [0, 0.1) is 0 Å². The molecule has 0 aliphatic carbocycles. The van der Waals surface area contributed by atoms with Gasteiger partial charge in [0.1, 0.15) is 11.4 Å². The number of amides is 1. The summed E-state index contributed by atoms with van der Waals surface area (Å²) in [5.74, 6) is 0.488. The predicted octanol–water partition coefficient (Wildman–Crippen LogP) is 3.02. The van der Waals surface area contributed by atoms with Crippen molar-refractivity contribution in [1.82, 2.24) is 15.1 Å². The minimum Gasteiger partial charge on any atom is -0.507 e. The third-order valence-electron chi connectivity index (χ3n) is 5.41. The van der Waals surface area contributed by atoms with Crippen LogP contribution in [0.1, 0.15) is 33.6 Å². The standard InChI is InChI=1S/C21H27N5O3/c1-21(2,3)29-20(28)26-13-8-9-14(26)12-25(11-13)17-10-16(23-24-19(17)22)15-6-4-5-7-18(15)27/h4-7,10,13-14,27H,8-9,11-12H2,1-3H3,(H2,22,24). The zero-order valence-corrected chi connectivity index (χ0v) is 17.0. The summed E-state index contributed by atoms with van der Waals surface area (Å²) in [6.07, 6.45) is 1.62. The summed E-state index contributed by atoms with van der Waals surface area (Å²) in [7, 11) is 0. The molecule has 0 spiro atoms. The van der Waals surface area contributed by atoms with Crippen molar-refractivity contribution in [2.45, 2.75) is 51.3 Å². The van der Waals surface area contributed by atoms with Crippen LogP contribution < -0.4 is 10.6 Å². The molecule has 0 radical (unpaired) electrons. The van der Waals surface area contributed by atoms with Crippen LogP contribution in [0.4, 0.5) is 16.3 Å². The number of aromatic hydroxyl groups is 1. The van der Waals surface area contributed by atoms with E-state index in [1.807, 2.05) is 37.8 Å². The van der Waals surface area contributed by atoms with Gasteiger partial charge in [-0.2, -0.15) is 0 Å². The van der Waals surface area contributed by atoms with Crippen molar-refractivity contribution in [2.75, 3.05) is 23.7 Å². The number of carbonyl (C=O) groups is 1. The lowest BCUT2D eigenvalue weighted by atomic mass is 10.1. The van der Waals surface area contributed by atoms with Crippen molar-refractivity contribution < 1.29 is 14.6 Å². The molecule has 29 heavy (non-hydrogen) atoms. The summed E-state index contributed by atoms with van der Waals surface area (Å²) in [5, 5.41) is 18.4. The molecule has 2 atom stereocenters. The topological polar surface area (TPSA) is 105 Å². The fourth-order valence-corrected chi connectivity index (χ4v) is 4.18. The van der Waals surface area contributed by atoms with Crippen LogP contribution in [0.15, 0.2) is 30.3 Å². The Morgan fingerprint density at radius 2 is 1.83 bits per heavy atom. The first-order valence-corrected chi connectivity index (χ1v) is 9.91. The first-order valence-electron chi connectivity index (χ1n) is 9.91. The summed E-state index contributed by atoms with van der Waals surface area (Å²) in [4.78, 5) is 16.7. The molecule has 8 nitrogen and oxygen atoms in total. The van der Waals surface area contributed by atoms with Gasteiger partial charge < -0.3 is 20.5 Å². The molecule has 2 unspecified atom stereocenters. The van der Waals surface area contributed by atoms with Crippen LogP contribution in [0.25, 0.3) is 11.3 Å². The monoisotopic (exact) mass is 397 g/mol. The highest BCUT2D eigenvalue weighted by Gasteiger charge is 2.44. The summed E-state index contributed by atoms with van der Waals surface area (Å²) < 4.78 is 5.61. The fraction of sp³-hybridized carbons (Fsp3) is 0.476. The van der Waals surface area contributed by atoms with Crippen molar-refractivity contribution in [2.24, 2.45) is 0 Å². The van der Waals surface area contributed by atoms with Crippen LogP contribution in [-0.2, 0) is 4.74 Å². The van der Waals surface area contributed by atoms with Crippen LogP contribution in [0.5, 0.6) is 5.75 Å². The Labute approximate surface area is 170 Å². The minimum atomic E-state index is -0.514. The maximum absolute atomic E-state index is 12.7. The SMILES string of the molecule is CC(C)(C)OC(=O)N1C2CCC1CN(c1cc(-c3ccccc3O)nnc1N)C2. The summed E-state index contributed by atoms with van der Waals surface area (Å²) >= 11 is 0. The van der Waals surface area contributed by atoms with Gasteiger partial charge in [0.2, 0.25) is 0 Å². The van der Waals surface area contributed by atoms with Gasteiger partial charge in [-0.25, -0.2) is 4.79 Å². The molecule has 2 fully saturated rings. The number of phenolic OH excluding ortho intramolecular Hbond substituents is 1. The Kier molecular flexibility index (Phi) is 4.72. The zero-order valence-electron chi connectivity index (χ0n) is 17.0. The van der Waals surface area contributed by atoms with Gasteiger partial charge >= 0.3 is 6.09 Å². The normalized spacial score (nSPS) is 21.3. The molecule has 2 bridgehead atoms. The number of nitrogen functional groups attached to an aromatic ring is 1. The molecule has 154 valence electrons. The van der Waals surface area contributed by atoms with Crippen LogP contribution in [-0.4, -0.2) is 57.1 Å². The quantitative estimate of drug-likeness (QED) is 0.802. The smallest absolute Gasteiger partial charge is 0.410 e. The largest absolute Gasteiger partial charge is 0.507 e. The lowest BCUT2D eigenvalue weighted by Crippen LogP contribution is -2.57. The second kappa shape index (κ2) is 7.09. The predicted molar refractivity (Wildman–Crippen MR) is 111 cm³/mol. The van der Waals surface area contributed by atoms with E-state index < -0.39 is 5.60 Å². The average molecular weight is 397 g/mol. The summed E-state index contributed by atoms with van der Waals surface area (Å²) in [5.41, 5.74) is 7.58. The molecule has 4 rings (SSSR count). The van der Waals surface area contributed by atoms with Crippen molar-refractivity contribution in [1.29, 1.82) is 0 Å². The molecule has 2 aliphatic heterocycles. The molecule has 1 aromatic carbocycles. The van der Waals surface area contributed by atoms with E-state index >= 15 is 0 Å². The Morgan fingerprint density at radius 1 is 1.17 bits per heavy atom. The number of phenols is 1. The number of nitrogens with zero attached hydrogens (tertiary/aromatic N) is 4. The fourth-order valence-electron chi connectivity index (χ4n) is 4.18. The molecule has 2 saturated heterocycles. The third-order valence-corrected chi connectivity index (χ3v) is 5.41. The van der Waals surface area contributed by atoms with Crippen molar-refractivity contribution >= 4 is 17.6 Å². The number of benzene rings is 1. The molecule has 0 saturated carbocycles. The van der Waals surface area contributed by atoms with Gasteiger partial charge in [0.15, 0.2) is 5.82 Å². The molecular formula is C21H27N5O3. The zero-order chi connectivity index (χ0) is 20.8. The van der Waals surface area contributed by atoms with Gasteiger partial charge in [0.25, 0.3) is 0 Å². The molecule has 1 aromatic heterocycles. The number of fused-ring (bicyclic) bond motifs is 2. The van der Waals surface area contributed by atoms with E-state index in [0.29, 0.717) is 30.2 Å². The highest BCUT2D eigenvalue weighted by Crippen LogP contribution is 2.37. The number of hydrogen-bond acceptors (Lipinski definition) is 7. The first-order chi connectivity index (χ1) is 13.7. The van der Waals surface area contributed by atoms with Crippen LogP contribution in [0.2, 0.25) is 0 Å². The molecular weight excluding hydrogens is 370 g/mol. The second-order valence-electron chi connectivity index (χ2n) is 8.69. The maximum Gasteiger partial charge on any atom is 0.410 e. The highest BCUT2D eigenvalue weighted by atomic mass is 16.6. The maximum atomic E-state index is 12.7. The lowest BCUT2D eigenvalue weighted by Gasteiger charge is -2.42. The minimum absolute atomic E-state index is 0.0738. The van der Waals surface area contributed by atoms with Gasteiger partial charge in [-0.3, -0.25) is 4.90 Å². The van der Waals surface area contributed by atoms with E-state index in [2.05, 4.69) is 15.1 Å². The number of para-hydroxylation sites is 1. The molecule has 2 aromatic rings. The Bertz CT molecular complexity index is 913. The molecule has 3 heterocycles. The molecule has 8 heteroatoms. The number of aromatic nitrogens is 2. The number of ether oxygens (including phenoxy) is 1. The first kappa shape index (κ1) is 19.3. The summed E-state index contributed by atoms with van der Waals surface area (Å²) in [6.45, 7) is 6.96. The van der Waals surface area contributed by atoms with E-state index in [9.17, 15) is 9.90 Å². The van der Waals surface area contributed by atoms with E-state index in [4.69, 9.17) is 10.5 Å². The van der Waals surface area contributed by atoms with Gasteiger partial charge in [-0.15, -0.1) is 10.2 Å². The number of rotatable bonds is 2. The molecule has 1 amide bonds. The van der Waals surface area contributed by atoms with Gasteiger partial charge in [0.05, 0.1) is 23.5 Å². The van der Waals surface area contributed by atoms with Gasteiger partial charge in [-0.1, -0.05) is 12.1 Å². The van der Waals surface area contributed by atoms with Crippen LogP contribution >= 0.6 is 0 Å². The van der Waals surface area contributed by atoms with Crippen molar-refractivity contribution in [3.8, 4) is 17.0 Å². The number of piperazine rings is 1. The Hall–Kier alpha value is -3.03. The Balaban J connectivity index is 1.58. The van der Waals surface area contributed by atoms with Crippen molar-refractivity contribution in [3.05, 3.63) is 30.3 Å². The number of nitrogens with two attached hydrogens (primary N) is 1. The second-order valence-corrected chi connectivity index (χ2v) is 8.69. The number of anilines is 2. The van der Waals surface area contributed by atoms with E-state index in [1.54, 1.807) is 18.2 Å². The molecule has 3 N–H and O–H groups in total. The van der Waals surface area contributed by atoms with Crippen LogP contribution in [0.3, 0.4) is 0 Å². The lowest BCUT2D eigenvalue weighted by molar-refractivity contribution is 0.0123. The molecule has 2 aliphatic rings. The van der Waals surface area contributed by atoms with Crippen molar-refractivity contribution in [3.63, 3.8) is 0 Å². The van der Waals surface area contributed by atoms with Gasteiger partial charge in [0, 0.05) is 18.7 Å². The summed E-state index contributed by atoms with van der Waals surface area (Å²) in [6, 6.07) is 9.02. The number of carbonyl (C=O) groups excluding carboxylic acids is 1. The van der Waals surface area contributed by atoms with Gasteiger partial charge in [-0.05, 0) is 51.8 Å². The van der Waals surface area contributed by atoms with E-state index in [0.717, 1.165) is 18.5 Å². The highest BCUT2D eigenvalue weighted by molar-refractivity contribution is 5.75. The number of hydrogen-bond donors (Lipinski definition) is 2. The third kappa shape index (κ3) is 3.79. The van der Waals surface area contributed by atoms with E-state index in [1.165, 1.54) is 0 Å². The van der Waals surface area contributed by atoms with E-state index in [-0.39, 0.29) is 23.9 Å². The Morgan fingerprint density at radius 3 is 2.45 bits per heavy atom. The average Bonchev–Trinajstić information content (AvgIpc) is 2.92.